The highest BCUT2D eigenvalue weighted by molar-refractivity contribution is 6.35. The van der Waals surface area contributed by atoms with Crippen LogP contribution in [0.3, 0.4) is 0 Å². The fourth-order valence-electron chi connectivity index (χ4n) is 3.65. The fourth-order valence-corrected chi connectivity index (χ4v) is 4.16. The van der Waals surface area contributed by atoms with Crippen LogP contribution in [0.25, 0.3) is 0 Å². The first-order valence-corrected chi connectivity index (χ1v) is 11.0. The van der Waals surface area contributed by atoms with Gasteiger partial charge in [-0.1, -0.05) is 35.3 Å². The number of nitrogens with zero attached hydrogens (tertiary/aromatic N) is 1. The molecule has 1 atom stereocenters. The molecular weight excluding hydrogens is 451 g/mol. The minimum absolute atomic E-state index is 0.00348. The molecule has 2 amide bonds. The number of esters is 1. The topological polar surface area (TPSA) is 67.9 Å². The number of halogens is 2. The summed E-state index contributed by atoms with van der Waals surface area (Å²) in [6.45, 7) is 7.88. The molecule has 3 rings (SSSR count). The van der Waals surface area contributed by atoms with Gasteiger partial charge in [0.25, 0.3) is 0 Å². The van der Waals surface area contributed by atoms with Crippen LogP contribution in [0.1, 0.15) is 35.2 Å². The molecule has 2 aromatic carbocycles. The van der Waals surface area contributed by atoms with Crippen LogP contribution in [0.4, 0.5) is 4.79 Å². The van der Waals surface area contributed by atoms with Gasteiger partial charge in [-0.2, -0.15) is 0 Å². The second kappa shape index (κ2) is 9.84. The number of amides is 2. The third-order valence-electron chi connectivity index (χ3n) is 5.47. The number of likely N-dealkylation sites (N-methyl/N-ethyl adjacent to an activating group) is 1. The van der Waals surface area contributed by atoms with Crippen molar-refractivity contribution in [1.29, 1.82) is 0 Å². The second-order valence-corrected chi connectivity index (χ2v) is 8.53. The summed E-state index contributed by atoms with van der Waals surface area (Å²) in [6.07, 6.45) is 0. The van der Waals surface area contributed by atoms with Crippen molar-refractivity contribution in [3.8, 4) is 5.75 Å². The Labute approximate surface area is 198 Å². The zero-order valence-corrected chi connectivity index (χ0v) is 20.2. The van der Waals surface area contributed by atoms with E-state index in [4.69, 9.17) is 32.7 Å². The number of rotatable bonds is 6. The quantitative estimate of drug-likeness (QED) is 0.557. The lowest BCUT2D eigenvalue weighted by molar-refractivity contribution is -0.139. The molecular formula is C24H26Cl2N2O4. The van der Waals surface area contributed by atoms with Crippen molar-refractivity contribution in [2.45, 2.75) is 33.7 Å². The van der Waals surface area contributed by atoms with E-state index in [1.807, 2.05) is 26.8 Å². The molecule has 0 saturated carbocycles. The van der Waals surface area contributed by atoms with Crippen LogP contribution in [0, 0.1) is 20.8 Å². The Balaban J connectivity index is 2.10. The van der Waals surface area contributed by atoms with Gasteiger partial charge in [0, 0.05) is 17.1 Å². The van der Waals surface area contributed by atoms with Crippen molar-refractivity contribution in [2.24, 2.45) is 0 Å². The first-order valence-electron chi connectivity index (χ1n) is 10.2. The predicted octanol–water partition coefficient (Wildman–Crippen LogP) is 5.51. The van der Waals surface area contributed by atoms with Crippen LogP contribution in [-0.4, -0.2) is 37.2 Å². The fraction of sp³-hybridized carbons (Fsp3) is 0.333. The van der Waals surface area contributed by atoms with Gasteiger partial charge in [-0.05, 0) is 68.1 Å². The van der Waals surface area contributed by atoms with E-state index in [0.717, 1.165) is 16.7 Å². The Morgan fingerprint density at radius 3 is 2.53 bits per heavy atom. The number of carbonyl (C=O) groups excluding carboxylic acids is 2. The maximum atomic E-state index is 13.0. The molecule has 0 spiro atoms. The van der Waals surface area contributed by atoms with Gasteiger partial charge in [-0.15, -0.1) is 0 Å². The van der Waals surface area contributed by atoms with Gasteiger partial charge in [0.05, 0.1) is 23.9 Å². The molecule has 1 unspecified atom stereocenters. The van der Waals surface area contributed by atoms with Gasteiger partial charge in [-0.3, -0.25) is 4.90 Å². The Bertz CT molecular complexity index is 1100. The summed E-state index contributed by atoms with van der Waals surface area (Å²) in [6, 6.07) is 7.73. The molecule has 0 fully saturated rings. The van der Waals surface area contributed by atoms with E-state index in [2.05, 4.69) is 11.4 Å². The minimum atomic E-state index is -0.804. The van der Waals surface area contributed by atoms with Gasteiger partial charge < -0.3 is 14.8 Å². The summed E-state index contributed by atoms with van der Waals surface area (Å²) in [5.74, 6) is 0.143. The third kappa shape index (κ3) is 4.87. The molecule has 0 aromatic heterocycles. The predicted molar refractivity (Wildman–Crippen MR) is 125 cm³/mol. The van der Waals surface area contributed by atoms with Gasteiger partial charge in [0.2, 0.25) is 0 Å². The molecule has 2 aromatic rings. The van der Waals surface area contributed by atoms with Crippen molar-refractivity contribution in [3.05, 3.63) is 73.9 Å². The number of aryl methyl sites for hydroxylation is 2. The van der Waals surface area contributed by atoms with Crippen molar-refractivity contribution in [1.82, 2.24) is 10.2 Å². The summed E-state index contributed by atoms with van der Waals surface area (Å²) in [5, 5.41) is 3.62. The first-order chi connectivity index (χ1) is 15.1. The molecule has 32 heavy (non-hydrogen) atoms. The number of benzene rings is 2. The van der Waals surface area contributed by atoms with Crippen LogP contribution in [0.15, 0.2) is 41.6 Å². The van der Waals surface area contributed by atoms with Crippen LogP contribution in [-0.2, 0) is 9.53 Å². The standard InChI is InChI=1S/C24H26Cl2N2O4/c1-6-31-23(29)21-19(12-32-20-10-13(2)9-14(3)15(20)4)28(5)24(30)27-22(21)17-8-7-16(25)11-18(17)26/h7-11,22H,6,12H2,1-5H3,(H,27,30). The molecule has 1 aliphatic rings. The molecule has 1 N–H and O–H groups in total. The minimum Gasteiger partial charge on any atom is -0.487 e. The summed E-state index contributed by atoms with van der Waals surface area (Å²) in [4.78, 5) is 27.2. The average molecular weight is 477 g/mol. The van der Waals surface area contributed by atoms with Crippen molar-refractivity contribution >= 4 is 35.2 Å². The molecule has 1 heterocycles. The van der Waals surface area contributed by atoms with E-state index in [0.29, 0.717) is 27.1 Å². The number of carbonyl (C=O) groups is 2. The summed E-state index contributed by atoms with van der Waals surface area (Å²) in [5.41, 5.74) is 4.36. The Hall–Kier alpha value is -2.70. The van der Waals surface area contributed by atoms with Crippen molar-refractivity contribution in [3.63, 3.8) is 0 Å². The number of hydrogen-bond donors (Lipinski definition) is 1. The van der Waals surface area contributed by atoms with E-state index >= 15 is 0 Å². The molecule has 0 saturated heterocycles. The van der Waals surface area contributed by atoms with Crippen molar-refractivity contribution < 1.29 is 19.1 Å². The monoisotopic (exact) mass is 476 g/mol. The van der Waals surface area contributed by atoms with E-state index in [1.54, 1.807) is 32.2 Å². The number of ether oxygens (including phenoxy) is 2. The molecule has 0 radical (unpaired) electrons. The van der Waals surface area contributed by atoms with Crippen LogP contribution < -0.4 is 10.1 Å². The zero-order chi connectivity index (χ0) is 23.6. The maximum absolute atomic E-state index is 13.0. The highest BCUT2D eigenvalue weighted by Gasteiger charge is 2.38. The van der Waals surface area contributed by atoms with Gasteiger partial charge >= 0.3 is 12.0 Å². The Morgan fingerprint density at radius 1 is 1.16 bits per heavy atom. The van der Waals surface area contributed by atoms with E-state index in [9.17, 15) is 9.59 Å². The first kappa shape index (κ1) is 24.0. The molecule has 1 aliphatic heterocycles. The van der Waals surface area contributed by atoms with E-state index in [1.165, 1.54) is 4.90 Å². The van der Waals surface area contributed by atoms with Gasteiger partial charge in [0.1, 0.15) is 12.4 Å². The van der Waals surface area contributed by atoms with Crippen LogP contribution >= 0.6 is 23.2 Å². The third-order valence-corrected chi connectivity index (χ3v) is 6.04. The normalized spacial score (nSPS) is 16.2. The van der Waals surface area contributed by atoms with Gasteiger partial charge in [-0.25, -0.2) is 9.59 Å². The largest absolute Gasteiger partial charge is 0.487 e. The van der Waals surface area contributed by atoms with Crippen LogP contribution in [0.2, 0.25) is 10.0 Å². The highest BCUT2D eigenvalue weighted by atomic mass is 35.5. The molecule has 8 heteroatoms. The summed E-state index contributed by atoms with van der Waals surface area (Å²) < 4.78 is 11.4. The number of urea groups is 1. The van der Waals surface area contributed by atoms with E-state index < -0.39 is 12.0 Å². The number of nitrogens with one attached hydrogen (secondary N) is 1. The second-order valence-electron chi connectivity index (χ2n) is 7.68. The summed E-state index contributed by atoms with van der Waals surface area (Å²) >= 11 is 12.5. The molecule has 0 bridgehead atoms. The lowest BCUT2D eigenvalue weighted by Gasteiger charge is -2.35. The molecule has 0 aliphatic carbocycles. The average Bonchev–Trinajstić information content (AvgIpc) is 2.72. The SMILES string of the molecule is CCOC(=O)C1=C(COc2cc(C)cc(C)c2C)N(C)C(=O)NC1c1ccc(Cl)cc1Cl. The van der Waals surface area contributed by atoms with E-state index in [-0.39, 0.29) is 24.8 Å². The van der Waals surface area contributed by atoms with Gasteiger partial charge in [0.15, 0.2) is 0 Å². The Kier molecular flexibility index (Phi) is 7.36. The molecule has 6 nitrogen and oxygen atoms in total. The maximum Gasteiger partial charge on any atom is 0.338 e. The van der Waals surface area contributed by atoms with Crippen molar-refractivity contribution in [2.75, 3.05) is 20.3 Å². The lowest BCUT2D eigenvalue weighted by Crippen LogP contribution is -2.48. The molecule has 170 valence electrons. The smallest absolute Gasteiger partial charge is 0.338 e. The zero-order valence-electron chi connectivity index (χ0n) is 18.7. The highest BCUT2D eigenvalue weighted by Crippen LogP contribution is 2.36. The lowest BCUT2D eigenvalue weighted by atomic mass is 9.94. The van der Waals surface area contributed by atoms with Crippen LogP contribution in [0.5, 0.6) is 5.75 Å². The Morgan fingerprint density at radius 2 is 1.88 bits per heavy atom. The summed E-state index contributed by atoms with van der Waals surface area (Å²) in [7, 11) is 1.58. The number of hydrogen-bond acceptors (Lipinski definition) is 4.